The van der Waals surface area contributed by atoms with E-state index in [4.69, 9.17) is 11.6 Å². The Morgan fingerprint density at radius 2 is 1.61 bits per heavy atom. The van der Waals surface area contributed by atoms with Crippen LogP contribution in [-0.2, 0) is 0 Å². The molecule has 0 radical (unpaired) electrons. The number of hydrogen-bond acceptors (Lipinski definition) is 3. The summed E-state index contributed by atoms with van der Waals surface area (Å²) in [6.07, 6.45) is 0. The Balaban J connectivity index is 1.91. The van der Waals surface area contributed by atoms with Gasteiger partial charge in [-0.15, -0.1) is 0 Å². The van der Waals surface area contributed by atoms with Crippen molar-refractivity contribution >= 4 is 39.8 Å². The van der Waals surface area contributed by atoms with Crippen molar-refractivity contribution in [2.45, 2.75) is 0 Å². The third-order valence-electron chi connectivity index (χ3n) is 3.18. The Kier molecular flexibility index (Phi) is 3.86. The first-order valence-electron chi connectivity index (χ1n) is 6.62. The second-order valence-corrected chi connectivity index (χ2v) is 5.16. The fourth-order valence-corrected chi connectivity index (χ4v) is 2.28. The average molecular weight is 331 g/mol. The third kappa shape index (κ3) is 3.09. The van der Waals surface area contributed by atoms with Gasteiger partial charge in [0.05, 0.1) is 16.5 Å². The van der Waals surface area contributed by atoms with Crippen LogP contribution < -0.4 is 21.8 Å². The summed E-state index contributed by atoms with van der Waals surface area (Å²) in [4.78, 5) is 35.7. The Labute approximate surface area is 134 Å². The van der Waals surface area contributed by atoms with Gasteiger partial charge in [-0.05, 0) is 36.4 Å². The quantitative estimate of drug-likeness (QED) is 0.580. The van der Waals surface area contributed by atoms with Crippen molar-refractivity contribution in [1.82, 2.24) is 10.2 Å². The molecule has 1 heterocycles. The van der Waals surface area contributed by atoms with Gasteiger partial charge in [-0.3, -0.25) is 19.8 Å². The fourth-order valence-electron chi connectivity index (χ4n) is 2.15. The standard InChI is InChI=1S/C15H11ClN4O3/c16-8-4-6-9(7-5-8)17-15(23)18-11-3-1-2-10-12(11)14(22)20-19-13(10)21/h1-7H,(H,19,21)(H,20,22)(H2,17,18,23). The van der Waals surface area contributed by atoms with Crippen molar-refractivity contribution in [2.75, 3.05) is 10.6 Å². The SMILES string of the molecule is O=C(Nc1ccc(Cl)cc1)Nc1cccc2c(=O)[nH][nH]c(=O)c12. The maximum Gasteiger partial charge on any atom is 0.323 e. The summed E-state index contributed by atoms with van der Waals surface area (Å²) in [6, 6.07) is 10.6. The molecule has 3 aromatic rings. The molecular formula is C15H11ClN4O3. The minimum atomic E-state index is -0.542. The molecule has 3 rings (SSSR count). The van der Waals surface area contributed by atoms with E-state index in [1.807, 2.05) is 0 Å². The largest absolute Gasteiger partial charge is 0.323 e. The van der Waals surface area contributed by atoms with E-state index < -0.39 is 17.1 Å². The summed E-state index contributed by atoms with van der Waals surface area (Å²) in [6.45, 7) is 0. The van der Waals surface area contributed by atoms with Gasteiger partial charge in [0.1, 0.15) is 0 Å². The van der Waals surface area contributed by atoms with Gasteiger partial charge < -0.3 is 10.6 Å². The van der Waals surface area contributed by atoms with Crippen molar-refractivity contribution < 1.29 is 4.79 Å². The van der Waals surface area contributed by atoms with Crippen LogP contribution in [-0.4, -0.2) is 16.2 Å². The zero-order valence-corrected chi connectivity index (χ0v) is 12.4. The number of rotatable bonds is 2. The lowest BCUT2D eigenvalue weighted by Gasteiger charge is -2.09. The second-order valence-electron chi connectivity index (χ2n) is 4.72. The van der Waals surface area contributed by atoms with Crippen molar-refractivity contribution in [2.24, 2.45) is 0 Å². The molecule has 2 amide bonds. The number of aromatic nitrogens is 2. The van der Waals surface area contributed by atoms with Gasteiger partial charge in [0, 0.05) is 10.7 Å². The number of fused-ring (bicyclic) bond motifs is 1. The predicted octanol–water partition coefficient (Wildman–Crippen LogP) is 2.51. The molecule has 0 bridgehead atoms. The van der Waals surface area contributed by atoms with E-state index in [-0.39, 0.29) is 16.5 Å². The number of urea groups is 1. The van der Waals surface area contributed by atoms with Crippen LogP contribution in [0.3, 0.4) is 0 Å². The van der Waals surface area contributed by atoms with Crippen molar-refractivity contribution in [3.05, 3.63) is 68.2 Å². The van der Waals surface area contributed by atoms with Gasteiger partial charge in [0.15, 0.2) is 0 Å². The summed E-state index contributed by atoms with van der Waals surface area (Å²) in [5.74, 6) is 0. The van der Waals surface area contributed by atoms with Gasteiger partial charge in [-0.1, -0.05) is 17.7 Å². The maximum atomic E-state index is 12.1. The molecule has 7 nitrogen and oxygen atoms in total. The van der Waals surface area contributed by atoms with Crippen LogP contribution in [0.4, 0.5) is 16.2 Å². The highest BCUT2D eigenvalue weighted by molar-refractivity contribution is 6.30. The minimum Gasteiger partial charge on any atom is -0.308 e. The van der Waals surface area contributed by atoms with E-state index in [2.05, 4.69) is 20.8 Å². The lowest BCUT2D eigenvalue weighted by atomic mass is 10.1. The Morgan fingerprint density at radius 3 is 2.35 bits per heavy atom. The molecule has 0 fully saturated rings. The highest BCUT2D eigenvalue weighted by Crippen LogP contribution is 2.18. The number of hydrogen-bond donors (Lipinski definition) is 4. The summed E-state index contributed by atoms with van der Waals surface area (Å²) in [5, 5.41) is 10.5. The molecule has 0 aliphatic rings. The lowest BCUT2D eigenvalue weighted by Crippen LogP contribution is -2.23. The van der Waals surface area contributed by atoms with Gasteiger partial charge >= 0.3 is 6.03 Å². The molecular weight excluding hydrogens is 320 g/mol. The zero-order valence-electron chi connectivity index (χ0n) is 11.6. The van der Waals surface area contributed by atoms with Crippen molar-refractivity contribution in [1.29, 1.82) is 0 Å². The lowest BCUT2D eigenvalue weighted by molar-refractivity contribution is 0.262. The summed E-state index contributed by atoms with van der Waals surface area (Å²) >= 11 is 5.78. The molecule has 0 unspecified atom stereocenters. The average Bonchev–Trinajstić information content (AvgIpc) is 2.53. The van der Waals surface area contributed by atoms with Crippen LogP contribution in [0.1, 0.15) is 0 Å². The van der Waals surface area contributed by atoms with Crippen molar-refractivity contribution in [3.63, 3.8) is 0 Å². The molecule has 0 atom stereocenters. The van der Waals surface area contributed by atoms with Crippen LogP contribution in [0.15, 0.2) is 52.1 Å². The number of carbonyl (C=O) groups excluding carboxylic acids is 1. The molecule has 8 heteroatoms. The normalized spacial score (nSPS) is 10.5. The van der Waals surface area contributed by atoms with E-state index in [9.17, 15) is 14.4 Å². The topological polar surface area (TPSA) is 107 Å². The molecule has 116 valence electrons. The monoisotopic (exact) mass is 330 g/mol. The summed E-state index contributed by atoms with van der Waals surface area (Å²) in [7, 11) is 0. The third-order valence-corrected chi connectivity index (χ3v) is 3.43. The fraction of sp³-hybridized carbons (Fsp3) is 0. The Bertz CT molecular complexity index is 992. The molecule has 0 saturated carbocycles. The molecule has 1 aromatic heterocycles. The number of aromatic amines is 2. The van der Waals surface area contributed by atoms with E-state index >= 15 is 0 Å². The van der Waals surface area contributed by atoms with E-state index in [1.54, 1.807) is 36.4 Å². The highest BCUT2D eigenvalue weighted by Gasteiger charge is 2.10. The van der Waals surface area contributed by atoms with E-state index in [0.29, 0.717) is 10.7 Å². The molecule has 23 heavy (non-hydrogen) atoms. The zero-order chi connectivity index (χ0) is 16.4. The Hall–Kier alpha value is -3.06. The van der Waals surface area contributed by atoms with E-state index in [0.717, 1.165) is 0 Å². The summed E-state index contributed by atoms with van der Waals surface area (Å²) in [5.41, 5.74) is -0.163. The molecule has 2 aromatic carbocycles. The highest BCUT2D eigenvalue weighted by atomic mass is 35.5. The first kappa shape index (κ1) is 14.9. The van der Waals surface area contributed by atoms with Crippen LogP contribution in [0.5, 0.6) is 0 Å². The Morgan fingerprint density at radius 1 is 0.913 bits per heavy atom. The molecule has 0 saturated heterocycles. The first-order chi connectivity index (χ1) is 11.0. The number of amides is 2. The van der Waals surface area contributed by atoms with Gasteiger partial charge in [0.2, 0.25) is 0 Å². The number of anilines is 2. The van der Waals surface area contributed by atoms with Crippen LogP contribution in [0, 0.1) is 0 Å². The van der Waals surface area contributed by atoms with Gasteiger partial charge in [-0.25, -0.2) is 4.79 Å². The smallest absolute Gasteiger partial charge is 0.308 e. The van der Waals surface area contributed by atoms with Crippen LogP contribution in [0.25, 0.3) is 10.8 Å². The van der Waals surface area contributed by atoms with E-state index in [1.165, 1.54) is 6.07 Å². The second kappa shape index (κ2) is 5.98. The van der Waals surface area contributed by atoms with Crippen LogP contribution >= 0.6 is 11.6 Å². The molecule has 0 aliphatic carbocycles. The summed E-state index contributed by atoms with van der Waals surface area (Å²) < 4.78 is 0. The number of carbonyl (C=O) groups is 1. The number of H-pyrrole nitrogens is 2. The first-order valence-corrected chi connectivity index (χ1v) is 6.99. The van der Waals surface area contributed by atoms with Gasteiger partial charge in [-0.2, -0.15) is 0 Å². The molecule has 0 aliphatic heterocycles. The minimum absolute atomic E-state index is 0.113. The van der Waals surface area contributed by atoms with Crippen LogP contribution in [0.2, 0.25) is 5.02 Å². The molecule has 0 spiro atoms. The number of nitrogens with one attached hydrogen (secondary N) is 4. The molecule has 4 N–H and O–H groups in total. The predicted molar refractivity (Wildman–Crippen MR) is 89.3 cm³/mol. The number of halogens is 1. The van der Waals surface area contributed by atoms with Gasteiger partial charge in [0.25, 0.3) is 11.1 Å². The number of benzene rings is 2. The van der Waals surface area contributed by atoms with Crippen molar-refractivity contribution in [3.8, 4) is 0 Å². The maximum absolute atomic E-state index is 12.1.